The zero-order valence-corrected chi connectivity index (χ0v) is 19.7. The van der Waals surface area contributed by atoms with E-state index in [1.54, 1.807) is 44.2 Å². The molecule has 178 valence electrons. The Labute approximate surface area is 204 Å². The van der Waals surface area contributed by atoms with Gasteiger partial charge in [-0.15, -0.1) is 0 Å². The number of likely N-dealkylation sites (tertiary alicyclic amines) is 1. The first-order valence-corrected chi connectivity index (χ1v) is 11.9. The van der Waals surface area contributed by atoms with Gasteiger partial charge < -0.3 is 14.6 Å². The smallest absolute Gasteiger partial charge is 0.253 e. The topological polar surface area (TPSA) is 96.9 Å². The summed E-state index contributed by atoms with van der Waals surface area (Å²) in [7, 11) is 1.66. The van der Waals surface area contributed by atoms with E-state index >= 15 is 0 Å². The lowest BCUT2D eigenvalue weighted by Gasteiger charge is -2.33. The molecule has 5 rings (SSSR count). The summed E-state index contributed by atoms with van der Waals surface area (Å²) < 4.78 is 5.46. The maximum absolute atomic E-state index is 13.4. The minimum Gasteiger partial charge on any atom is -0.496 e. The molecule has 0 radical (unpaired) electrons. The molecular weight excluding hydrogens is 440 g/mol. The number of para-hydroxylation sites is 1. The number of rotatable bonds is 7. The third-order valence-electron chi connectivity index (χ3n) is 6.41. The van der Waals surface area contributed by atoms with E-state index in [0.717, 1.165) is 60.0 Å². The van der Waals surface area contributed by atoms with E-state index in [4.69, 9.17) is 4.74 Å². The Hall–Kier alpha value is -4.07. The molecule has 0 spiro atoms. The molecule has 0 aliphatic carbocycles. The molecule has 8 nitrogen and oxygen atoms in total. The van der Waals surface area contributed by atoms with E-state index in [9.17, 15) is 4.79 Å². The standard InChI is InChI=1S/C27H28N6O2/c1-35-24-7-3-2-6-20(24)16-22-17-21(8-9-28-22)27(34)33-14-4-5-19(18-33)15-23-25(30-11-10-29-23)26-31-12-13-32-26/h2-3,6-13,17,19H,4-5,14-16,18H2,1H3,(H,31,32)/t19-/m1/s1. The van der Waals surface area contributed by atoms with Gasteiger partial charge in [-0.3, -0.25) is 14.8 Å². The summed E-state index contributed by atoms with van der Waals surface area (Å²) in [6, 6.07) is 11.6. The molecule has 1 amide bonds. The number of imidazole rings is 1. The summed E-state index contributed by atoms with van der Waals surface area (Å²) >= 11 is 0. The van der Waals surface area contributed by atoms with Crippen LogP contribution in [0.25, 0.3) is 11.5 Å². The monoisotopic (exact) mass is 468 g/mol. The number of H-pyrrole nitrogens is 1. The number of hydrogen-bond donors (Lipinski definition) is 1. The van der Waals surface area contributed by atoms with Crippen LogP contribution < -0.4 is 4.74 Å². The highest BCUT2D eigenvalue weighted by molar-refractivity contribution is 5.94. The minimum absolute atomic E-state index is 0.0452. The summed E-state index contributed by atoms with van der Waals surface area (Å²) in [5.74, 6) is 1.90. The number of aromatic amines is 1. The Morgan fingerprint density at radius 3 is 2.83 bits per heavy atom. The number of amides is 1. The largest absolute Gasteiger partial charge is 0.496 e. The normalized spacial score (nSPS) is 15.7. The van der Waals surface area contributed by atoms with Crippen LogP contribution in [0.3, 0.4) is 0 Å². The SMILES string of the molecule is COc1ccccc1Cc1cc(C(=O)N2CCC[C@H](Cc3nccnc3-c3ncc[nH]3)C2)ccn1. The van der Waals surface area contributed by atoms with Crippen LogP contribution in [-0.4, -0.2) is 55.9 Å². The molecule has 1 aliphatic rings. The van der Waals surface area contributed by atoms with Crippen LogP contribution >= 0.6 is 0 Å². The van der Waals surface area contributed by atoms with E-state index < -0.39 is 0 Å². The van der Waals surface area contributed by atoms with Gasteiger partial charge in [0.05, 0.1) is 12.8 Å². The van der Waals surface area contributed by atoms with Crippen molar-refractivity contribution in [2.75, 3.05) is 20.2 Å². The lowest BCUT2D eigenvalue weighted by atomic mass is 9.92. The van der Waals surface area contributed by atoms with E-state index in [0.29, 0.717) is 24.4 Å². The number of pyridine rings is 1. The molecule has 1 saturated heterocycles. The van der Waals surface area contributed by atoms with Gasteiger partial charge in [-0.25, -0.2) is 9.97 Å². The van der Waals surface area contributed by atoms with Crippen LogP contribution in [0.1, 0.15) is 40.2 Å². The van der Waals surface area contributed by atoms with E-state index in [1.165, 1.54) is 0 Å². The number of aromatic nitrogens is 5. The first kappa shape index (κ1) is 22.7. The van der Waals surface area contributed by atoms with Gasteiger partial charge in [0, 0.05) is 67.3 Å². The Kier molecular flexibility index (Phi) is 6.79. The Balaban J connectivity index is 1.28. The van der Waals surface area contributed by atoms with Crippen molar-refractivity contribution in [2.24, 2.45) is 5.92 Å². The highest BCUT2D eigenvalue weighted by Crippen LogP contribution is 2.26. The van der Waals surface area contributed by atoms with Crippen LogP contribution in [0.15, 0.2) is 67.4 Å². The number of nitrogens with one attached hydrogen (secondary N) is 1. The number of nitrogens with zero attached hydrogens (tertiary/aromatic N) is 5. The molecule has 0 unspecified atom stereocenters. The first-order valence-electron chi connectivity index (χ1n) is 11.9. The summed E-state index contributed by atoms with van der Waals surface area (Å²) in [5.41, 5.74) is 4.24. The van der Waals surface area contributed by atoms with Crippen molar-refractivity contribution < 1.29 is 9.53 Å². The van der Waals surface area contributed by atoms with Crippen molar-refractivity contribution >= 4 is 5.91 Å². The lowest BCUT2D eigenvalue weighted by Crippen LogP contribution is -2.40. The highest BCUT2D eigenvalue weighted by atomic mass is 16.5. The molecule has 3 aromatic heterocycles. The van der Waals surface area contributed by atoms with Gasteiger partial charge in [0.2, 0.25) is 0 Å². The zero-order chi connectivity index (χ0) is 24.0. The summed E-state index contributed by atoms with van der Waals surface area (Å²) in [5, 5.41) is 0. The van der Waals surface area contributed by atoms with Gasteiger partial charge in [-0.05, 0) is 43.4 Å². The van der Waals surface area contributed by atoms with Crippen LogP contribution in [0.4, 0.5) is 0 Å². The molecule has 1 aliphatic heterocycles. The predicted octanol–water partition coefficient (Wildman–Crippen LogP) is 3.96. The number of carbonyl (C=O) groups excluding carboxylic acids is 1. The molecule has 0 saturated carbocycles. The van der Waals surface area contributed by atoms with Crippen LogP contribution in [-0.2, 0) is 12.8 Å². The molecule has 35 heavy (non-hydrogen) atoms. The number of methoxy groups -OCH3 is 1. The average molecular weight is 469 g/mol. The number of piperidine rings is 1. The van der Waals surface area contributed by atoms with Crippen molar-refractivity contribution in [1.29, 1.82) is 0 Å². The van der Waals surface area contributed by atoms with Gasteiger partial charge >= 0.3 is 0 Å². The lowest BCUT2D eigenvalue weighted by molar-refractivity contribution is 0.0672. The fourth-order valence-electron chi connectivity index (χ4n) is 4.73. The second-order valence-electron chi connectivity index (χ2n) is 8.78. The van der Waals surface area contributed by atoms with Crippen LogP contribution in [0.2, 0.25) is 0 Å². The summed E-state index contributed by atoms with van der Waals surface area (Å²) in [6.07, 6.45) is 12.0. The average Bonchev–Trinajstić information content (AvgIpc) is 3.44. The molecule has 1 aromatic carbocycles. The van der Waals surface area contributed by atoms with Crippen LogP contribution in [0, 0.1) is 5.92 Å². The van der Waals surface area contributed by atoms with Crippen molar-refractivity contribution in [3.8, 4) is 17.3 Å². The van der Waals surface area contributed by atoms with E-state index in [2.05, 4.69) is 24.9 Å². The van der Waals surface area contributed by atoms with Gasteiger partial charge in [0.1, 0.15) is 11.4 Å². The Morgan fingerprint density at radius 1 is 1.09 bits per heavy atom. The van der Waals surface area contributed by atoms with Gasteiger partial charge in [-0.2, -0.15) is 0 Å². The predicted molar refractivity (Wildman–Crippen MR) is 132 cm³/mol. The fraction of sp³-hybridized carbons (Fsp3) is 0.296. The fourth-order valence-corrected chi connectivity index (χ4v) is 4.73. The quantitative estimate of drug-likeness (QED) is 0.441. The van der Waals surface area contributed by atoms with Crippen molar-refractivity contribution in [3.63, 3.8) is 0 Å². The van der Waals surface area contributed by atoms with E-state index in [1.807, 2.05) is 35.2 Å². The maximum Gasteiger partial charge on any atom is 0.253 e. The number of ether oxygens (including phenoxy) is 1. The highest BCUT2D eigenvalue weighted by Gasteiger charge is 2.26. The number of carbonyl (C=O) groups is 1. The molecule has 1 N–H and O–H groups in total. The molecule has 8 heteroatoms. The zero-order valence-electron chi connectivity index (χ0n) is 19.7. The second kappa shape index (κ2) is 10.5. The Bertz CT molecular complexity index is 1290. The maximum atomic E-state index is 13.4. The van der Waals surface area contributed by atoms with Gasteiger partial charge in [0.15, 0.2) is 5.82 Å². The number of benzene rings is 1. The van der Waals surface area contributed by atoms with Crippen molar-refractivity contribution in [2.45, 2.75) is 25.7 Å². The third kappa shape index (κ3) is 5.21. The number of hydrogen-bond acceptors (Lipinski definition) is 6. The molecule has 4 aromatic rings. The van der Waals surface area contributed by atoms with Gasteiger partial charge in [-0.1, -0.05) is 18.2 Å². The molecule has 1 fully saturated rings. The molecule has 0 bridgehead atoms. The first-order chi connectivity index (χ1) is 17.2. The molecule has 1 atom stereocenters. The van der Waals surface area contributed by atoms with Crippen molar-refractivity contribution in [1.82, 2.24) is 29.8 Å². The second-order valence-corrected chi connectivity index (χ2v) is 8.78. The Morgan fingerprint density at radius 2 is 1.97 bits per heavy atom. The molecule has 4 heterocycles. The van der Waals surface area contributed by atoms with E-state index in [-0.39, 0.29) is 5.91 Å². The van der Waals surface area contributed by atoms with Crippen molar-refractivity contribution in [3.05, 3.63) is 89.9 Å². The van der Waals surface area contributed by atoms with Gasteiger partial charge in [0.25, 0.3) is 5.91 Å². The minimum atomic E-state index is 0.0452. The van der Waals surface area contributed by atoms with Crippen LogP contribution in [0.5, 0.6) is 5.75 Å². The summed E-state index contributed by atoms with van der Waals surface area (Å²) in [6.45, 7) is 1.45. The third-order valence-corrected chi connectivity index (χ3v) is 6.41. The summed E-state index contributed by atoms with van der Waals surface area (Å²) in [4.78, 5) is 36.4. The molecular formula is C27H28N6O2.